The molecule has 0 spiro atoms. The van der Waals surface area contributed by atoms with Crippen molar-refractivity contribution in [2.75, 3.05) is 17.2 Å². The van der Waals surface area contributed by atoms with Crippen LogP contribution in [0.4, 0.5) is 27.5 Å². The molecule has 0 saturated heterocycles. The standard InChI is InChI=1S/C21H19FN6O2/c1-12-8-16(9-13(2)18(12)30-7-6-23)26-20-17(22)11-25-21(28-20)27-15-5-3-4-14(10-15)19(24)29/h3-5,8-11H,7H2,1-2H3,(H2,24,29)(H2,25,26,27,28). The van der Waals surface area contributed by atoms with Crippen LogP contribution in [0.25, 0.3) is 0 Å². The van der Waals surface area contributed by atoms with Crippen molar-refractivity contribution in [2.45, 2.75) is 13.8 Å². The van der Waals surface area contributed by atoms with Gasteiger partial charge in [-0.15, -0.1) is 0 Å². The summed E-state index contributed by atoms with van der Waals surface area (Å²) < 4.78 is 19.7. The number of carbonyl (C=O) groups is 1. The topological polar surface area (TPSA) is 126 Å². The normalized spacial score (nSPS) is 10.2. The zero-order valence-corrected chi connectivity index (χ0v) is 16.4. The molecule has 3 aromatic rings. The van der Waals surface area contributed by atoms with E-state index in [4.69, 9.17) is 15.7 Å². The average molecular weight is 406 g/mol. The first-order valence-electron chi connectivity index (χ1n) is 8.95. The Hall–Kier alpha value is -4.19. The lowest BCUT2D eigenvalue weighted by Crippen LogP contribution is -2.11. The van der Waals surface area contributed by atoms with Crippen LogP contribution in [0.2, 0.25) is 0 Å². The monoisotopic (exact) mass is 406 g/mol. The quantitative estimate of drug-likeness (QED) is 0.546. The molecule has 0 atom stereocenters. The van der Waals surface area contributed by atoms with E-state index < -0.39 is 11.7 Å². The maximum absolute atomic E-state index is 14.3. The van der Waals surface area contributed by atoms with Gasteiger partial charge in [0.15, 0.2) is 18.2 Å². The number of nitrogens with zero attached hydrogens (tertiary/aromatic N) is 3. The van der Waals surface area contributed by atoms with Gasteiger partial charge in [0.2, 0.25) is 11.9 Å². The molecule has 4 N–H and O–H groups in total. The average Bonchev–Trinajstić information content (AvgIpc) is 2.70. The number of hydrogen-bond donors (Lipinski definition) is 3. The lowest BCUT2D eigenvalue weighted by atomic mass is 10.1. The highest BCUT2D eigenvalue weighted by atomic mass is 19.1. The van der Waals surface area contributed by atoms with E-state index in [2.05, 4.69) is 20.6 Å². The molecular formula is C21H19FN6O2. The Morgan fingerprint density at radius 3 is 2.60 bits per heavy atom. The van der Waals surface area contributed by atoms with Gasteiger partial charge in [-0.2, -0.15) is 10.2 Å². The number of anilines is 4. The van der Waals surface area contributed by atoms with Crippen molar-refractivity contribution in [3.63, 3.8) is 0 Å². The molecular weight excluding hydrogens is 387 g/mol. The Kier molecular flexibility index (Phi) is 6.08. The van der Waals surface area contributed by atoms with Crippen LogP contribution in [0, 0.1) is 31.0 Å². The van der Waals surface area contributed by atoms with Crippen LogP contribution in [-0.4, -0.2) is 22.5 Å². The number of nitrogens with two attached hydrogens (primary N) is 1. The highest BCUT2D eigenvalue weighted by Crippen LogP contribution is 2.29. The molecule has 1 amide bonds. The molecule has 0 aliphatic rings. The molecule has 0 radical (unpaired) electrons. The van der Waals surface area contributed by atoms with Gasteiger partial charge in [0, 0.05) is 16.9 Å². The van der Waals surface area contributed by atoms with E-state index in [1.54, 1.807) is 36.4 Å². The van der Waals surface area contributed by atoms with Gasteiger partial charge in [-0.3, -0.25) is 4.79 Å². The third kappa shape index (κ3) is 4.80. The first-order chi connectivity index (χ1) is 14.4. The van der Waals surface area contributed by atoms with E-state index in [1.165, 1.54) is 0 Å². The highest BCUT2D eigenvalue weighted by molar-refractivity contribution is 5.93. The zero-order valence-electron chi connectivity index (χ0n) is 16.4. The number of aromatic nitrogens is 2. The Labute approximate surface area is 172 Å². The Bertz CT molecular complexity index is 1120. The van der Waals surface area contributed by atoms with Crippen LogP contribution < -0.4 is 21.1 Å². The minimum atomic E-state index is -0.633. The number of primary amides is 1. The molecule has 0 aliphatic carbocycles. The summed E-state index contributed by atoms with van der Waals surface area (Å²) in [5.74, 6) is -0.464. The molecule has 152 valence electrons. The van der Waals surface area contributed by atoms with Gasteiger partial charge in [0.25, 0.3) is 0 Å². The van der Waals surface area contributed by atoms with E-state index in [9.17, 15) is 9.18 Å². The van der Waals surface area contributed by atoms with Crippen LogP contribution in [-0.2, 0) is 0 Å². The SMILES string of the molecule is Cc1cc(Nc2nc(Nc3cccc(C(N)=O)c3)ncc2F)cc(C)c1OCC#N. The number of benzene rings is 2. The maximum atomic E-state index is 14.3. The molecule has 0 fully saturated rings. The van der Waals surface area contributed by atoms with Gasteiger partial charge in [-0.05, 0) is 55.3 Å². The lowest BCUT2D eigenvalue weighted by Gasteiger charge is -2.14. The Morgan fingerprint density at radius 1 is 1.20 bits per heavy atom. The molecule has 9 heteroatoms. The van der Waals surface area contributed by atoms with Gasteiger partial charge in [0.1, 0.15) is 11.8 Å². The van der Waals surface area contributed by atoms with Crippen molar-refractivity contribution >= 4 is 29.0 Å². The van der Waals surface area contributed by atoms with Crippen molar-refractivity contribution < 1.29 is 13.9 Å². The summed E-state index contributed by atoms with van der Waals surface area (Å²) in [6.45, 7) is 3.61. The fourth-order valence-electron chi connectivity index (χ4n) is 2.89. The van der Waals surface area contributed by atoms with Crippen LogP contribution in [0.1, 0.15) is 21.5 Å². The summed E-state index contributed by atoms with van der Waals surface area (Å²) in [6, 6.07) is 12.0. The summed E-state index contributed by atoms with van der Waals surface area (Å²) in [6.07, 6.45) is 1.04. The van der Waals surface area contributed by atoms with Crippen molar-refractivity contribution in [2.24, 2.45) is 5.73 Å². The minimum absolute atomic E-state index is 0.0250. The molecule has 2 aromatic carbocycles. The Balaban J connectivity index is 1.83. The molecule has 0 unspecified atom stereocenters. The number of hydrogen-bond acceptors (Lipinski definition) is 7. The van der Waals surface area contributed by atoms with Crippen molar-refractivity contribution in [1.82, 2.24) is 9.97 Å². The predicted molar refractivity (Wildman–Crippen MR) is 111 cm³/mol. The third-order valence-electron chi connectivity index (χ3n) is 4.15. The van der Waals surface area contributed by atoms with Gasteiger partial charge in [-0.25, -0.2) is 9.37 Å². The number of halogens is 1. The molecule has 1 aromatic heterocycles. The fraction of sp³-hybridized carbons (Fsp3) is 0.143. The summed E-state index contributed by atoms with van der Waals surface area (Å²) in [4.78, 5) is 19.4. The number of rotatable bonds is 7. The van der Waals surface area contributed by atoms with Gasteiger partial charge in [-0.1, -0.05) is 6.07 Å². The summed E-state index contributed by atoms with van der Waals surface area (Å²) >= 11 is 0. The molecule has 0 aliphatic heterocycles. The van der Waals surface area contributed by atoms with E-state index in [1.807, 2.05) is 19.9 Å². The Morgan fingerprint density at radius 2 is 1.93 bits per heavy atom. The van der Waals surface area contributed by atoms with Crippen LogP contribution >= 0.6 is 0 Å². The number of nitriles is 1. The second kappa shape index (κ2) is 8.87. The second-order valence-corrected chi connectivity index (χ2v) is 6.47. The predicted octanol–water partition coefficient (Wildman–Crippen LogP) is 3.72. The zero-order chi connectivity index (χ0) is 21.7. The third-order valence-corrected chi connectivity index (χ3v) is 4.15. The highest BCUT2D eigenvalue weighted by Gasteiger charge is 2.11. The number of nitrogens with one attached hydrogen (secondary N) is 2. The molecule has 30 heavy (non-hydrogen) atoms. The molecule has 3 rings (SSSR count). The minimum Gasteiger partial charge on any atom is -0.478 e. The maximum Gasteiger partial charge on any atom is 0.248 e. The van der Waals surface area contributed by atoms with E-state index in [-0.39, 0.29) is 18.4 Å². The van der Waals surface area contributed by atoms with Crippen molar-refractivity contribution in [3.8, 4) is 11.8 Å². The van der Waals surface area contributed by atoms with Gasteiger partial charge in [0.05, 0.1) is 6.20 Å². The number of aryl methyl sites for hydroxylation is 2. The van der Waals surface area contributed by atoms with Crippen LogP contribution in [0.15, 0.2) is 42.6 Å². The first-order valence-corrected chi connectivity index (χ1v) is 8.95. The smallest absolute Gasteiger partial charge is 0.248 e. The summed E-state index contributed by atoms with van der Waals surface area (Å²) in [5.41, 5.74) is 8.34. The van der Waals surface area contributed by atoms with E-state index in [0.717, 1.165) is 17.3 Å². The van der Waals surface area contributed by atoms with Crippen LogP contribution in [0.3, 0.4) is 0 Å². The summed E-state index contributed by atoms with van der Waals surface area (Å²) in [5, 5.41) is 14.5. The van der Waals surface area contributed by atoms with Crippen LogP contribution in [0.5, 0.6) is 5.75 Å². The second-order valence-electron chi connectivity index (χ2n) is 6.47. The molecule has 0 saturated carbocycles. The number of ether oxygens (including phenoxy) is 1. The van der Waals surface area contributed by atoms with Crippen molar-refractivity contribution in [3.05, 3.63) is 65.1 Å². The fourth-order valence-corrected chi connectivity index (χ4v) is 2.89. The van der Waals surface area contributed by atoms with Gasteiger partial charge < -0.3 is 21.1 Å². The largest absolute Gasteiger partial charge is 0.478 e. The first kappa shape index (κ1) is 20.5. The molecule has 0 bridgehead atoms. The van der Waals surface area contributed by atoms with E-state index >= 15 is 0 Å². The number of amides is 1. The van der Waals surface area contributed by atoms with E-state index in [0.29, 0.717) is 22.7 Å². The van der Waals surface area contributed by atoms with Crippen molar-refractivity contribution in [1.29, 1.82) is 5.26 Å². The van der Waals surface area contributed by atoms with Gasteiger partial charge >= 0.3 is 0 Å². The lowest BCUT2D eigenvalue weighted by molar-refractivity contribution is 0.100. The molecule has 1 heterocycles. The summed E-state index contributed by atoms with van der Waals surface area (Å²) in [7, 11) is 0. The number of carbonyl (C=O) groups excluding carboxylic acids is 1. The molecule has 8 nitrogen and oxygen atoms in total.